The monoisotopic (exact) mass is 325 g/mol. The van der Waals surface area contributed by atoms with E-state index < -0.39 is 18.7 Å². The molecule has 0 aliphatic rings. The highest BCUT2D eigenvalue weighted by molar-refractivity contribution is 9.10. The molecule has 0 aliphatic heterocycles. The molecule has 1 aromatic carbocycles. The quantitative estimate of drug-likeness (QED) is 0.920. The molecule has 1 aromatic rings. The minimum absolute atomic E-state index is 0.0525. The number of anilines is 1. The Labute approximate surface area is 110 Å². The molecule has 0 aliphatic carbocycles. The third-order valence-electron chi connectivity index (χ3n) is 2.30. The second kappa shape index (κ2) is 5.60. The zero-order valence-corrected chi connectivity index (χ0v) is 11.0. The van der Waals surface area contributed by atoms with Gasteiger partial charge in [-0.25, -0.2) is 4.79 Å². The molecule has 0 bridgehead atoms. The molecule has 0 spiro atoms. The number of halogens is 4. The van der Waals surface area contributed by atoms with E-state index in [1.807, 2.05) is 0 Å². The van der Waals surface area contributed by atoms with Gasteiger partial charge in [-0.05, 0) is 35.0 Å². The number of nitrogens with zero attached hydrogens (tertiary/aromatic N) is 1. The highest BCUT2D eigenvalue weighted by Gasteiger charge is 2.32. The molecule has 100 valence electrons. The number of carboxylic acids is 1. The van der Waals surface area contributed by atoms with Gasteiger partial charge in [0, 0.05) is 11.0 Å². The minimum atomic E-state index is -4.38. The van der Waals surface area contributed by atoms with Crippen molar-refractivity contribution >= 4 is 27.6 Å². The number of alkyl halides is 3. The summed E-state index contributed by atoms with van der Waals surface area (Å²) in [6, 6.07) is 4.35. The van der Waals surface area contributed by atoms with E-state index >= 15 is 0 Å². The topological polar surface area (TPSA) is 40.5 Å². The van der Waals surface area contributed by atoms with E-state index in [1.165, 1.54) is 25.1 Å². The number of benzene rings is 1. The lowest BCUT2D eigenvalue weighted by Crippen LogP contribution is -2.35. The molecule has 7 heteroatoms. The maximum atomic E-state index is 12.4. The number of hydrogen-bond acceptors (Lipinski definition) is 2. The van der Waals surface area contributed by atoms with Crippen molar-refractivity contribution in [3.63, 3.8) is 0 Å². The van der Waals surface area contributed by atoms with Crippen LogP contribution in [0.1, 0.15) is 17.3 Å². The van der Waals surface area contributed by atoms with Crippen LogP contribution in [0.4, 0.5) is 18.9 Å². The van der Waals surface area contributed by atoms with Crippen LogP contribution < -0.4 is 4.90 Å². The van der Waals surface area contributed by atoms with E-state index in [1.54, 1.807) is 0 Å². The van der Waals surface area contributed by atoms with Gasteiger partial charge in [-0.2, -0.15) is 13.2 Å². The highest BCUT2D eigenvalue weighted by Crippen LogP contribution is 2.30. The Balaban J connectivity index is 3.21. The fraction of sp³-hybridized carbons (Fsp3) is 0.364. The van der Waals surface area contributed by atoms with Crippen molar-refractivity contribution in [1.82, 2.24) is 0 Å². The Kier molecular flexibility index (Phi) is 4.61. The van der Waals surface area contributed by atoms with E-state index in [2.05, 4.69) is 15.9 Å². The van der Waals surface area contributed by atoms with Crippen LogP contribution in [0.25, 0.3) is 0 Å². The molecular weight excluding hydrogens is 315 g/mol. The molecule has 0 amide bonds. The number of rotatable bonds is 4. The average Bonchev–Trinajstić information content (AvgIpc) is 2.23. The molecule has 0 saturated carbocycles. The molecule has 0 saturated heterocycles. The van der Waals surface area contributed by atoms with Crippen molar-refractivity contribution in [2.45, 2.75) is 13.1 Å². The maximum absolute atomic E-state index is 12.4. The fourth-order valence-electron chi connectivity index (χ4n) is 1.57. The van der Waals surface area contributed by atoms with E-state index in [0.717, 1.165) is 4.90 Å². The van der Waals surface area contributed by atoms with Crippen LogP contribution in [0.3, 0.4) is 0 Å². The molecule has 3 nitrogen and oxygen atoms in total. The Morgan fingerprint density at radius 1 is 1.44 bits per heavy atom. The SMILES string of the molecule is CCN(CC(F)(F)F)c1cccc(Br)c1C(=O)O. The van der Waals surface area contributed by atoms with Gasteiger partial charge in [-0.3, -0.25) is 0 Å². The van der Waals surface area contributed by atoms with Gasteiger partial charge >= 0.3 is 12.1 Å². The highest BCUT2D eigenvalue weighted by atomic mass is 79.9. The van der Waals surface area contributed by atoms with Crippen molar-refractivity contribution < 1.29 is 23.1 Å². The number of carbonyl (C=O) groups is 1. The average molecular weight is 326 g/mol. The lowest BCUT2D eigenvalue weighted by molar-refractivity contribution is -0.119. The van der Waals surface area contributed by atoms with Crippen LogP contribution >= 0.6 is 15.9 Å². The Morgan fingerprint density at radius 3 is 2.50 bits per heavy atom. The first-order valence-corrected chi connectivity index (χ1v) is 5.89. The van der Waals surface area contributed by atoms with Gasteiger partial charge in [0.25, 0.3) is 0 Å². The van der Waals surface area contributed by atoms with Crippen molar-refractivity contribution in [3.8, 4) is 0 Å². The second-order valence-electron chi connectivity index (χ2n) is 3.57. The summed E-state index contributed by atoms with van der Waals surface area (Å²) >= 11 is 3.04. The molecule has 1 rings (SSSR count). The van der Waals surface area contributed by atoms with Gasteiger partial charge in [-0.1, -0.05) is 6.07 Å². The molecule has 0 atom stereocenters. The lowest BCUT2D eigenvalue weighted by atomic mass is 10.1. The Bertz CT molecular complexity index is 448. The molecule has 1 N–H and O–H groups in total. The predicted octanol–water partition coefficient (Wildman–Crippen LogP) is 3.54. The Hall–Kier alpha value is -1.24. The number of carboxylic acid groups (broad SMARTS) is 1. The summed E-state index contributed by atoms with van der Waals surface area (Å²) < 4.78 is 37.5. The summed E-state index contributed by atoms with van der Waals surface area (Å²) in [5.74, 6) is -1.27. The molecule has 0 heterocycles. The van der Waals surface area contributed by atoms with E-state index in [4.69, 9.17) is 5.11 Å². The van der Waals surface area contributed by atoms with Gasteiger partial charge in [0.15, 0.2) is 0 Å². The van der Waals surface area contributed by atoms with Gasteiger partial charge in [0.1, 0.15) is 6.54 Å². The second-order valence-corrected chi connectivity index (χ2v) is 4.42. The molecular formula is C11H11BrF3NO2. The van der Waals surface area contributed by atoms with Crippen LogP contribution in [0.5, 0.6) is 0 Å². The smallest absolute Gasteiger partial charge is 0.405 e. The first-order valence-electron chi connectivity index (χ1n) is 5.09. The van der Waals surface area contributed by atoms with Gasteiger partial charge < -0.3 is 10.0 Å². The lowest BCUT2D eigenvalue weighted by Gasteiger charge is -2.26. The van der Waals surface area contributed by atoms with E-state index in [0.29, 0.717) is 0 Å². The summed E-state index contributed by atoms with van der Waals surface area (Å²) in [5.41, 5.74) is -0.111. The number of aromatic carboxylic acids is 1. The van der Waals surface area contributed by atoms with Crippen molar-refractivity contribution in [3.05, 3.63) is 28.2 Å². The molecule has 18 heavy (non-hydrogen) atoms. The summed E-state index contributed by atoms with van der Waals surface area (Å²) in [6.07, 6.45) is -4.38. The van der Waals surface area contributed by atoms with Crippen LogP contribution in [-0.4, -0.2) is 30.3 Å². The Morgan fingerprint density at radius 2 is 2.06 bits per heavy atom. The summed E-state index contributed by atoms with van der Waals surface area (Å²) in [6.45, 7) is 0.425. The van der Waals surface area contributed by atoms with Gasteiger partial charge in [-0.15, -0.1) is 0 Å². The van der Waals surface area contributed by atoms with Crippen molar-refractivity contribution in [1.29, 1.82) is 0 Å². The zero-order chi connectivity index (χ0) is 13.9. The van der Waals surface area contributed by atoms with Crippen LogP contribution in [-0.2, 0) is 0 Å². The van der Waals surface area contributed by atoms with Gasteiger partial charge in [0.2, 0.25) is 0 Å². The third kappa shape index (κ3) is 3.63. The number of hydrogen-bond donors (Lipinski definition) is 1. The standard InChI is InChI=1S/C11H11BrF3NO2/c1-2-16(6-11(13,14)15)8-5-3-4-7(12)9(8)10(17)18/h3-5H,2,6H2,1H3,(H,17,18). The minimum Gasteiger partial charge on any atom is -0.478 e. The maximum Gasteiger partial charge on any atom is 0.405 e. The molecule has 0 radical (unpaired) electrons. The normalized spacial score (nSPS) is 11.4. The van der Waals surface area contributed by atoms with Crippen LogP contribution in [0.2, 0.25) is 0 Å². The van der Waals surface area contributed by atoms with Crippen molar-refractivity contribution in [2.24, 2.45) is 0 Å². The van der Waals surface area contributed by atoms with Crippen LogP contribution in [0, 0.1) is 0 Å². The molecule has 0 fully saturated rings. The largest absolute Gasteiger partial charge is 0.478 e. The third-order valence-corrected chi connectivity index (χ3v) is 2.96. The first kappa shape index (κ1) is 14.8. The van der Waals surface area contributed by atoms with Crippen LogP contribution in [0.15, 0.2) is 22.7 Å². The summed E-state index contributed by atoms with van der Waals surface area (Å²) in [4.78, 5) is 12.1. The van der Waals surface area contributed by atoms with Crippen molar-refractivity contribution in [2.75, 3.05) is 18.0 Å². The van der Waals surface area contributed by atoms with Gasteiger partial charge in [0.05, 0.1) is 11.3 Å². The summed E-state index contributed by atoms with van der Waals surface area (Å²) in [5, 5.41) is 9.05. The molecule has 0 unspecified atom stereocenters. The molecule has 0 aromatic heterocycles. The summed E-state index contributed by atoms with van der Waals surface area (Å²) in [7, 11) is 0. The zero-order valence-electron chi connectivity index (χ0n) is 9.46. The fourth-order valence-corrected chi connectivity index (χ4v) is 2.10. The predicted molar refractivity (Wildman–Crippen MR) is 65.0 cm³/mol. The van der Waals surface area contributed by atoms with E-state index in [9.17, 15) is 18.0 Å². The van der Waals surface area contributed by atoms with E-state index in [-0.39, 0.29) is 22.3 Å². The first-order chi connectivity index (χ1) is 8.26.